The molecule has 2 unspecified atom stereocenters. The van der Waals surface area contributed by atoms with Crippen LogP contribution >= 0.6 is 11.6 Å². The molecule has 0 spiro atoms. The Morgan fingerprint density at radius 3 is 2.70 bits per heavy atom. The molecular formula is C24H21ClFN5O2. The van der Waals surface area contributed by atoms with Crippen molar-refractivity contribution in [2.75, 3.05) is 5.32 Å². The van der Waals surface area contributed by atoms with Crippen LogP contribution in [0.5, 0.6) is 0 Å². The molecule has 7 nitrogen and oxygen atoms in total. The van der Waals surface area contributed by atoms with Crippen molar-refractivity contribution in [1.29, 1.82) is 0 Å². The van der Waals surface area contributed by atoms with Crippen molar-refractivity contribution in [3.05, 3.63) is 47.5 Å². The van der Waals surface area contributed by atoms with Gasteiger partial charge in [-0.15, -0.1) is 0 Å². The van der Waals surface area contributed by atoms with Gasteiger partial charge in [0.25, 0.3) is 0 Å². The van der Waals surface area contributed by atoms with Crippen molar-refractivity contribution in [2.45, 2.75) is 31.7 Å². The zero-order chi connectivity index (χ0) is 22.7. The molecule has 3 aliphatic rings. The fourth-order valence-electron chi connectivity index (χ4n) is 5.66. The Labute approximate surface area is 193 Å². The third kappa shape index (κ3) is 3.40. The summed E-state index contributed by atoms with van der Waals surface area (Å²) in [6, 6.07) is 6.53. The fraction of sp³-hybridized carbons (Fsp3) is 0.333. The van der Waals surface area contributed by atoms with Crippen molar-refractivity contribution in [3.8, 4) is 11.4 Å². The van der Waals surface area contributed by atoms with E-state index in [1.54, 1.807) is 18.3 Å². The Morgan fingerprint density at radius 2 is 1.91 bits per heavy atom. The number of aromatic nitrogens is 4. The number of benzene rings is 1. The lowest BCUT2D eigenvalue weighted by Gasteiger charge is -2.47. The molecule has 33 heavy (non-hydrogen) atoms. The minimum atomic E-state index is -0.767. The Kier molecular flexibility index (Phi) is 4.72. The predicted molar refractivity (Wildman–Crippen MR) is 124 cm³/mol. The molecule has 3 N–H and O–H groups in total. The second kappa shape index (κ2) is 7.66. The number of aliphatic carboxylic acids is 1. The molecule has 9 heteroatoms. The van der Waals surface area contributed by atoms with Gasteiger partial charge in [0, 0.05) is 33.6 Å². The van der Waals surface area contributed by atoms with Crippen LogP contribution in [0.25, 0.3) is 33.3 Å². The van der Waals surface area contributed by atoms with Crippen LogP contribution in [-0.2, 0) is 4.79 Å². The average molecular weight is 466 g/mol. The number of halogens is 2. The molecular weight excluding hydrogens is 445 g/mol. The molecule has 3 fully saturated rings. The maximum Gasteiger partial charge on any atom is 0.308 e. The quantitative estimate of drug-likeness (QED) is 0.379. The number of hydrogen-bond acceptors (Lipinski definition) is 5. The van der Waals surface area contributed by atoms with E-state index >= 15 is 0 Å². The van der Waals surface area contributed by atoms with E-state index in [1.165, 1.54) is 6.07 Å². The summed E-state index contributed by atoms with van der Waals surface area (Å²) in [6.45, 7) is 0. The van der Waals surface area contributed by atoms with Crippen LogP contribution in [0, 0.1) is 23.6 Å². The van der Waals surface area contributed by atoms with Gasteiger partial charge in [-0.3, -0.25) is 4.79 Å². The average Bonchev–Trinajstić information content (AvgIpc) is 3.22. The van der Waals surface area contributed by atoms with E-state index in [0.717, 1.165) is 37.3 Å². The highest BCUT2D eigenvalue weighted by Crippen LogP contribution is 2.46. The topological polar surface area (TPSA) is 104 Å². The van der Waals surface area contributed by atoms with Gasteiger partial charge >= 0.3 is 5.97 Å². The number of nitrogens with zero attached hydrogens (tertiary/aromatic N) is 3. The molecule has 0 amide bonds. The summed E-state index contributed by atoms with van der Waals surface area (Å²) in [5.41, 5.74) is 1.83. The number of rotatable bonds is 4. The number of H-pyrrole nitrogens is 1. The summed E-state index contributed by atoms with van der Waals surface area (Å²) in [5, 5.41) is 15.3. The van der Waals surface area contributed by atoms with E-state index in [2.05, 4.69) is 15.3 Å². The Balaban J connectivity index is 1.50. The summed E-state index contributed by atoms with van der Waals surface area (Å²) in [4.78, 5) is 28.8. The number of anilines is 1. The van der Waals surface area contributed by atoms with E-state index in [0.29, 0.717) is 38.8 Å². The molecule has 3 aromatic heterocycles. The highest BCUT2D eigenvalue weighted by atomic mass is 35.5. The Morgan fingerprint density at radius 1 is 1.12 bits per heavy atom. The van der Waals surface area contributed by atoms with Crippen LogP contribution in [-0.4, -0.2) is 37.1 Å². The van der Waals surface area contributed by atoms with Crippen LogP contribution in [0.1, 0.15) is 25.7 Å². The minimum absolute atomic E-state index is 0.170. The van der Waals surface area contributed by atoms with Crippen LogP contribution in [0.3, 0.4) is 0 Å². The largest absolute Gasteiger partial charge is 0.481 e. The Bertz CT molecular complexity index is 1400. The monoisotopic (exact) mass is 465 g/mol. The van der Waals surface area contributed by atoms with Crippen LogP contribution in [0.4, 0.5) is 10.2 Å². The first-order valence-corrected chi connectivity index (χ1v) is 11.5. The predicted octanol–water partition coefficient (Wildman–Crippen LogP) is 5.27. The number of pyridine rings is 1. The smallest absolute Gasteiger partial charge is 0.308 e. The summed E-state index contributed by atoms with van der Waals surface area (Å²) in [6.07, 6.45) is 6.79. The summed E-state index contributed by atoms with van der Waals surface area (Å²) < 4.78 is 13.9. The van der Waals surface area contributed by atoms with Gasteiger partial charge in [0.15, 0.2) is 5.82 Å². The maximum atomic E-state index is 13.9. The summed E-state index contributed by atoms with van der Waals surface area (Å²) >= 11 is 6.28. The van der Waals surface area contributed by atoms with E-state index in [4.69, 9.17) is 21.6 Å². The highest BCUT2D eigenvalue weighted by Gasteiger charge is 2.47. The number of carboxylic acid groups (broad SMARTS) is 1. The maximum absolute atomic E-state index is 13.9. The lowest BCUT2D eigenvalue weighted by molar-refractivity contribution is -0.148. The van der Waals surface area contributed by atoms with Gasteiger partial charge in [-0.1, -0.05) is 11.6 Å². The molecule has 0 saturated heterocycles. The van der Waals surface area contributed by atoms with Gasteiger partial charge in [0.1, 0.15) is 17.3 Å². The highest BCUT2D eigenvalue weighted by molar-refractivity contribution is 6.31. The first kappa shape index (κ1) is 20.4. The molecule has 168 valence electrons. The van der Waals surface area contributed by atoms with Crippen molar-refractivity contribution < 1.29 is 14.3 Å². The van der Waals surface area contributed by atoms with Crippen molar-refractivity contribution in [2.24, 2.45) is 17.8 Å². The number of carbonyl (C=O) groups is 1. The second-order valence-corrected chi connectivity index (χ2v) is 9.45. The molecule has 0 radical (unpaired) electrons. The molecule has 3 heterocycles. The van der Waals surface area contributed by atoms with Crippen molar-refractivity contribution in [3.63, 3.8) is 0 Å². The van der Waals surface area contributed by atoms with Crippen LogP contribution in [0.2, 0.25) is 5.02 Å². The number of hydrogen-bond donors (Lipinski definition) is 3. The zero-order valence-electron chi connectivity index (χ0n) is 17.6. The van der Waals surface area contributed by atoms with Crippen molar-refractivity contribution >= 4 is 45.3 Å². The zero-order valence-corrected chi connectivity index (χ0v) is 18.3. The van der Waals surface area contributed by atoms with Gasteiger partial charge in [-0.2, -0.15) is 0 Å². The SMILES string of the molecule is O=C(O)C1C2CCC(CC2)C1Nc1nc(-c2c[nH]c3ncc(F)cc23)nc2ccc(Cl)cc12. The molecule has 3 saturated carbocycles. The number of fused-ring (bicyclic) bond motifs is 5. The third-order valence-corrected chi connectivity index (χ3v) is 7.44. The van der Waals surface area contributed by atoms with Crippen LogP contribution in [0.15, 0.2) is 36.7 Å². The molecule has 7 rings (SSSR count). The fourth-order valence-corrected chi connectivity index (χ4v) is 5.84. The van der Waals surface area contributed by atoms with E-state index in [9.17, 15) is 14.3 Å². The Hall–Kier alpha value is -3.26. The summed E-state index contributed by atoms with van der Waals surface area (Å²) in [7, 11) is 0. The van der Waals surface area contributed by atoms with Gasteiger partial charge < -0.3 is 15.4 Å². The van der Waals surface area contributed by atoms with E-state index < -0.39 is 17.7 Å². The van der Waals surface area contributed by atoms with Crippen molar-refractivity contribution in [1.82, 2.24) is 19.9 Å². The molecule has 0 aliphatic heterocycles. The molecule has 1 aromatic carbocycles. The van der Waals surface area contributed by atoms with Crippen LogP contribution < -0.4 is 5.32 Å². The first-order valence-electron chi connectivity index (χ1n) is 11.1. The van der Waals surface area contributed by atoms with E-state index in [1.807, 2.05) is 6.07 Å². The first-order chi connectivity index (χ1) is 16.0. The van der Waals surface area contributed by atoms with Gasteiger partial charge in [-0.05, 0) is 61.8 Å². The number of nitrogens with one attached hydrogen (secondary N) is 2. The minimum Gasteiger partial charge on any atom is -0.481 e. The summed E-state index contributed by atoms with van der Waals surface area (Å²) in [5.74, 6) is -0.289. The molecule has 4 aromatic rings. The van der Waals surface area contributed by atoms with Gasteiger partial charge in [0.05, 0.1) is 17.6 Å². The third-order valence-electron chi connectivity index (χ3n) is 7.20. The molecule has 3 aliphatic carbocycles. The van der Waals surface area contributed by atoms with Gasteiger partial charge in [0.2, 0.25) is 0 Å². The number of carboxylic acids is 1. The van der Waals surface area contributed by atoms with E-state index in [-0.39, 0.29) is 17.9 Å². The number of aromatic amines is 1. The molecule has 2 atom stereocenters. The van der Waals surface area contributed by atoms with Gasteiger partial charge in [-0.25, -0.2) is 19.3 Å². The normalized spacial score (nSPS) is 24.4. The standard InChI is InChI=1S/C24H21ClFN5O2/c25-13-5-6-18-16(7-13)22(30-20-12-3-1-11(2-4-12)19(20)24(32)33)31-23(29-18)17-10-28-21-15(17)8-14(26)9-27-21/h5-12,19-20H,1-4H2,(H,27,28)(H,32,33)(H,29,30,31). The lowest BCUT2D eigenvalue weighted by Crippen LogP contribution is -2.51. The molecule has 2 bridgehead atoms. The second-order valence-electron chi connectivity index (χ2n) is 9.02. The lowest BCUT2D eigenvalue weighted by atomic mass is 9.61.